The van der Waals surface area contributed by atoms with Crippen molar-refractivity contribution in [1.82, 2.24) is 4.98 Å². The molecule has 0 saturated heterocycles. The van der Waals surface area contributed by atoms with E-state index >= 15 is 0 Å². The quantitative estimate of drug-likeness (QED) is 0.315. The van der Waals surface area contributed by atoms with E-state index in [9.17, 15) is 0 Å². The lowest BCUT2D eigenvalue weighted by Crippen LogP contribution is -1.82. The van der Waals surface area contributed by atoms with Crippen molar-refractivity contribution in [1.29, 1.82) is 0 Å². The minimum absolute atomic E-state index is 0.869. The van der Waals surface area contributed by atoms with E-state index in [1.807, 2.05) is 36.5 Å². The van der Waals surface area contributed by atoms with Crippen LogP contribution in [0, 0.1) is 0 Å². The van der Waals surface area contributed by atoms with Crippen molar-refractivity contribution in [3.8, 4) is 22.4 Å². The maximum absolute atomic E-state index is 6.33. The molecular formula is C27H17NO. The number of aromatic nitrogens is 1. The van der Waals surface area contributed by atoms with E-state index < -0.39 is 0 Å². The first-order valence-corrected chi connectivity index (χ1v) is 9.73. The number of hydrogen-bond donors (Lipinski definition) is 0. The van der Waals surface area contributed by atoms with Gasteiger partial charge in [0.25, 0.3) is 0 Å². The molecule has 6 rings (SSSR count). The molecule has 0 aliphatic carbocycles. The Balaban J connectivity index is 1.55. The smallest absolute Gasteiger partial charge is 0.143 e. The lowest BCUT2D eigenvalue weighted by molar-refractivity contribution is 0.672. The van der Waals surface area contributed by atoms with E-state index in [-0.39, 0.29) is 0 Å². The zero-order valence-corrected chi connectivity index (χ0v) is 15.7. The molecule has 0 N–H and O–H groups in total. The van der Waals surface area contributed by atoms with Gasteiger partial charge in [-0.1, -0.05) is 72.8 Å². The maximum Gasteiger partial charge on any atom is 0.143 e. The third kappa shape index (κ3) is 2.61. The Morgan fingerprint density at radius 1 is 0.552 bits per heavy atom. The van der Waals surface area contributed by atoms with Crippen LogP contribution in [0.3, 0.4) is 0 Å². The molecule has 0 bridgehead atoms. The summed E-state index contributed by atoms with van der Waals surface area (Å²) in [5, 5.41) is 4.45. The molecule has 0 aliphatic heterocycles. The first-order valence-electron chi connectivity index (χ1n) is 9.73. The molecule has 2 heteroatoms. The Morgan fingerprint density at radius 3 is 2.07 bits per heavy atom. The Morgan fingerprint density at radius 2 is 1.28 bits per heavy atom. The summed E-state index contributed by atoms with van der Waals surface area (Å²) in [6.45, 7) is 0. The molecule has 4 aromatic carbocycles. The van der Waals surface area contributed by atoms with Gasteiger partial charge >= 0.3 is 0 Å². The summed E-state index contributed by atoms with van der Waals surface area (Å²) in [7, 11) is 0. The van der Waals surface area contributed by atoms with Gasteiger partial charge in [0, 0.05) is 34.0 Å². The van der Waals surface area contributed by atoms with Gasteiger partial charge in [-0.2, -0.15) is 0 Å². The molecule has 0 aliphatic rings. The second-order valence-corrected chi connectivity index (χ2v) is 7.28. The van der Waals surface area contributed by atoms with E-state index in [1.165, 1.54) is 16.5 Å². The van der Waals surface area contributed by atoms with E-state index in [0.717, 1.165) is 38.6 Å². The SMILES string of the molecule is c1ccc(-c2ccc3c(ccc4c5cnc(-c6ccccc6)cc5oc34)c2)cc1. The van der Waals surface area contributed by atoms with E-state index in [1.54, 1.807) is 0 Å². The summed E-state index contributed by atoms with van der Waals surface area (Å²) in [4.78, 5) is 4.67. The highest BCUT2D eigenvalue weighted by Gasteiger charge is 2.12. The van der Waals surface area contributed by atoms with Crippen molar-refractivity contribution in [3.63, 3.8) is 0 Å². The number of furan rings is 1. The largest absolute Gasteiger partial charge is 0.455 e. The predicted molar refractivity (Wildman–Crippen MR) is 120 cm³/mol. The van der Waals surface area contributed by atoms with Crippen LogP contribution in [0.15, 0.2) is 108 Å². The zero-order chi connectivity index (χ0) is 19.2. The lowest BCUT2D eigenvalue weighted by atomic mass is 10.00. The standard InChI is InChI=1S/C27H17NO/c1-3-7-18(8-4-1)20-11-13-22-21(15-20)12-14-23-24-17-28-25(16-26(24)29-27(22)23)19-9-5-2-6-10-19/h1-17H. The number of pyridine rings is 1. The second kappa shape index (κ2) is 6.32. The molecule has 0 fully saturated rings. The van der Waals surface area contributed by atoms with E-state index in [4.69, 9.17) is 4.42 Å². The fourth-order valence-corrected chi connectivity index (χ4v) is 4.03. The van der Waals surface area contributed by atoms with Crippen LogP contribution in [-0.2, 0) is 0 Å². The Bertz CT molecular complexity index is 1480. The first kappa shape index (κ1) is 16.1. The third-order valence-electron chi connectivity index (χ3n) is 5.52. The van der Waals surface area contributed by atoms with Crippen LogP contribution in [0.5, 0.6) is 0 Å². The fourth-order valence-electron chi connectivity index (χ4n) is 4.03. The molecule has 2 aromatic heterocycles. The van der Waals surface area contributed by atoms with Crippen molar-refractivity contribution in [2.24, 2.45) is 0 Å². The molecule has 2 heterocycles. The summed E-state index contributed by atoms with van der Waals surface area (Å²) in [6, 6.07) is 33.6. The van der Waals surface area contributed by atoms with Crippen molar-refractivity contribution < 1.29 is 4.42 Å². The van der Waals surface area contributed by atoms with Crippen LogP contribution in [0.25, 0.3) is 55.1 Å². The molecule has 136 valence electrons. The van der Waals surface area contributed by atoms with Gasteiger partial charge in [-0.05, 0) is 34.7 Å². The predicted octanol–water partition coefficient (Wildman–Crippen LogP) is 7.47. The van der Waals surface area contributed by atoms with E-state index in [2.05, 4.69) is 71.7 Å². The monoisotopic (exact) mass is 371 g/mol. The third-order valence-corrected chi connectivity index (χ3v) is 5.52. The molecule has 0 radical (unpaired) electrons. The van der Waals surface area contributed by atoms with Gasteiger partial charge in [0.15, 0.2) is 0 Å². The summed E-state index contributed by atoms with van der Waals surface area (Å²) in [6.07, 6.45) is 1.92. The Kier molecular flexibility index (Phi) is 3.50. The lowest BCUT2D eigenvalue weighted by Gasteiger charge is -2.04. The van der Waals surface area contributed by atoms with Crippen molar-refractivity contribution in [3.05, 3.63) is 103 Å². The van der Waals surface area contributed by atoms with Crippen LogP contribution >= 0.6 is 0 Å². The minimum atomic E-state index is 0.869. The average molecular weight is 371 g/mol. The highest BCUT2D eigenvalue weighted by Crippen LogP contribution is 2.36. The minimum Gasteiger partial charge on any atom is -0.455 e. The van der Waals surface area contributed by atoms with Crippen molar-refractivity contribution in [2.75, 3.05) is 0 Å². The number of nitrogens with zero attached hydrogens (tertiary/aromatic N) is 1. The molecule has 2 nitrogen and oxygen atoms in total. The van der Waals surface area contributed by atoms with Gasteiger partial charge in [0.05, 0.1) is 5.69 Å². The van der Waals surface area contributed by atoms with Crippen molar-refractivity contribution in [2.45, 2.75) is 0 Å². The van der Waals surface area contributed by atoms with Crippen LogP contribution < -0.4 is 0 Å². The molecule has 6 aromatic rings. The molecular weight excluding hydrogens is 354 g/mol. The van der Waals surface area contributed by atoms with Crippen LogP contribution in [0.2, 0.25) is 0 Å². The van der Waals surface area contributed by atoms with Crippen LogP contribution in [0.4, 0.5) is 0 Å². The number of benzene rings is 4. The Hall–Kier alpha value is -3.91. The molecule has 0 atom stereocenters. The topological polar surface area (TPSA) is 26.0 Å². The molecule has 0 unspecified atom stereocenters. The normalized spacial score (nSPS) is 11.4. The first-order chi connectivity index (χ1) is 14.4. The average Bonchev–Trinajstić information content (AvgIpc) is 3.18. The van der Waals surface area contributed by atoms with Gasteiger partial charge < -0.3 is 4.42 Å². The van der Waals surface area contributed by atoms with Gasteiger partial charge in [-0.25, -0.2) is 0 Å². The zero-order valence-electron chi connectivity index (χ0n) is 15.7. The fraction of sp³-hybridized carbons (Fsp3) is 0. The highest BCUT2D eigenvalue weighted by molar-refractivity contribution is 6.15. The van der Waals surface area contributed by atoms with Crippen LogP contribution in [0.1, 0.15) is 0 Å². The second-order valence-electron chi connectivity index (χ2n) is 7.28. The molecule has 0 spiro atoms. The Labute approximate surface area is 168 Å². The molecule has 0 saturated carbocycles. The van der Waals surface area contributed by atoms with E-state index in [0.29, 0.717) is 0 Å². The number of fused-ring (bicyclic) bond motifs is 5. The number of hydrogen-bond acceptors (Lipinski definition) is 2. The van der Waals surface area contributed by atoms with Gasteiger partial charge in [0.2, 0.25) is 0 Å². The molecule has 29 heavy (non-hydrogen) atoms. The summed E-state index contributed by atoms with van der Waals surface area (Å²) >= 11 is 0. The van der Waals surface area contributed by atoms with Gasteiger partial charge in [0.1, 0.15) is 11.2 Å². The molecule has 0 amide bonds. The van der Waals surface area contributed by atoms with Crippen LogP contribution in [-0.4, -0.2) is 4.98 Å². The summed E-state index contributed by atoms with van der Waals surface area (Å²) in [5.74, 6) is 0. The van der Waals surface area contributed by atoms with Gasteiger partial charge in [-0.3, -0.25) is 4.98 Å². The highest BCUT2D eigenvalue weighted by atomic mass is 16.3. The summed E-state index contributed by atoms with van der Waals surface area (Å²) < 4.78 is 6.33. The number of rotatable bonds is 2. The van der Waals surface area contributed by atoms with Crippen molar-refractivity contribution >= 4 is 32.7 Å². The maximum atomic E-state index is 6.33. The summed E-state index contributed by atoms with van der Waals surface area (Å²) in [5.41, 5.74) is 6.23. The van der Waals surface area contributed by atoms with Gasteiger partial charge in [-0.15, -0.1) is 0 Å².